The molecule has 0 radical (unpaired) electrons. The van der Waals surface area contributed by atoms with Gasteiger partial charge in [0.05, 0.1) is 5.69 Å². The number of aromatic nitrogens is 2. The molecule has 5 nitrogen and oxygen atoms in total. The van der Waals surface area contributed by atoms with E-state index < -0.39 is 0 Å². The van der Waals surface area contributed by atoms with E-state index in [1.54, 1.807) is 6.07 Å². The van der Waals surface area contributed by atoms with Crippen molar-refractivity contribution in [2.45, 2.75) is 34.1 Å². The van der Waals surface area contributed by atoms with Crippen LogP contribution in [0.15, 0.2) is 28.7 Å². The van der Waals surface area contributed by atoms with Crippen LogP contribution in [0.5, 0.6) is 0 Å². The van der Waals surface area contributed by atoms with Crippen molar-refractivity contribution >= 4 is 33.5 Å². The summed E-state index contributed by atoms with van der Waals surface area (Å²) in [5.41, 5.74) is 2.94. The first-order valence-electron chi connectivity index (χ1n) is 8.02. The Hall–Kier alpha value is -1.95. The fraction of sp³-hybridized carbons (Fsp3) is 0.389. The third-order valence-electron chi connectivity index (χ3n) is 3.46. The molecule has 0 saturated heterocycles. The van der Waals surface area contributed by atoms with Crippen LogP contribution >= 0.6 is 15.9 Å². The summed E-state index contributed by atoms with van der Waals surface area (Å²) >= 11 is 3.46. The van der Waals surface area contributed by atoms with Crippen LogP contribution in [0, 0.1) is 19.8 Å². The number of hydrogen-bond acceptors (Lipinski definition) is 4. The average molecular weight is 391 g/mol. The minimum Gasteiger partial charge on any atom is -0.354 e. The predicted molar refractivity (Wildman–Crippen MR) is 102 cm³/mol. The van der Waals surface area contributed by atoms with Crippen LogP contribution in [0.1, 0.15) is 42.0 Å². The van der Waals surface area contributed by atoms with Gasteiger partial charge in [-0.05, 0) is 65.9 Å². The lowest BCUT2D eigenvalue weighted by molar-refractivity contribution is 0.102. The summed E-state index contributed by atoms with van der Waals surface area (Å²) in [7, 11) is 0. The van der Waals surface area contributed by atoms with Gasteiger partial charge in [0.15, 0.2) is 0 Å². The highest BCUT2D eigenvalue weighted by Crippen LogP contribution is 2.23. The van der Waals surface area contributed by atoms with Crippen LogP contribution in [0.2, 0.25) is 0 Å². The summed E-state index contributed by atoms with van der Waals surface area (Å²) < 4.78 is 0.844. The van der Waals surface area contributed by atoms with E-state index in [0.29, 0.717) is 17.6 Å². The molecule has 128 valence electrons. The Kier molecular flexibility index (Phi) is 6.31. The van der Waals surface area contributed by atoms with Gasteiger partial charge in [-0.15, -0.1) is 0 Å². The Morgan fingerprint density at radius 2 is 1.96 bits per heavy atom. The average Bonchev–Trinajstić information content (AvgIpc) is 2.49. The second kappa shape index (κ2) is 8.24. The van der Waals surface area contributed by atoms with Crippen molar-refractivity contribution in [1.82, 2.24) is 9.97 Å². The molecule has 0 aliphatic rings. The molecule has 0 atom stereocenters. The van der Waals surface area contributed by atoms with Gasteiger partial charge >= 0.3 is 0 Å². The summed E-state index contributed by atoms with van der Waals surface area (Å²) in [5.74, 6) is 0.838. The van der Waals surface area contributed by atoms with Gasteiger partial charge in [0.2, 0.25) is 5.95 Å². The Morgan fingerprint density at radius 3 is 2.62 bits per heavy atom. The molecule has 0 aliphatic heterocycles. The number of nitrogens with one attached hydrogen (secondary N) is 2. The maximum atomic E-state index is 12.5. The number of rotatable bonds is 6. The molecule has 24 heavy (non-hydrogen) atoms. The Balaban J connectivity index is 2.12. The van der Waals surface area contributed by atoms with Crippen LogP contribution in [-0.4, -0.2) is 22.4 Å². The number of hydrogen-bond donors (Lipinski definition) is 2. The highest BCUT2D eigenvalue weighted by atomic mass is 79.9. The molecule has 6 heteroatoms. The highest BCUT2D eigenvalue weighted by molar-refractivity contribution is 9.10. The largest absolute Gasteiger partial charge is 0.354 e. The quantitative estimate of drug-likeness (QED) is 0.757. The first-order chi connectivity index (χ1) is 11.3. The fourth-order valence-corrected chi connectivity index (χ4v) is 2.74. The topological polar surface area (TPSA) is 66.9 Å². The van der Waals surface area contributed by atoms with Crippen LogP contribution in [0.25, 0.3) is 0 Å². The number of anilines is 2. The summed E-state index contributed by atoms with van der Waals surface area (Å²) in [4.78, 5) is 21.1. The standard InChI is InChI=1S/C18H23BrN4O/c1-11(2)7-8-20-18-21-13(4)10-16(23-18)17(24)22-15-6-5-12(3)9-14(15)19/h5-6,9-11H,7-8H2,1-4H3,(H,22,24)(H,20,21,23). The molecular formula is C18H23BrN4O. The van der Waals surface area contributed by atoms with Crippen molar-refractivity contribution in [3.8, 4) is 0 Å². The maximum absolute atomic E-state index is 12.5. The number of carbonyl (C=O) groups excluding carboxylic acids is 1. The van der Waals surface area contributed by atoms with Gasteiger partial charge in [-0.25, -0.2) is 9.97 Å². The number of halogens is 1. The summed E-state index contributed by atoms with van der Waals surface area (Å²) in [6.45, 7) is 8.97. The molecule has 0 fully saturated rings. The second-order valence-electron chi connectivity index (χ2n) is 6.26. The molecule has 2 aromatic rings. The smallest absolute Gasteiger partial charge is 0.274 e. The summed E-state index contributed by atoms with van der Waals surface area (Å²) in [6, 6.07) is 7.46. The highest BCUT2D eigenvalue weighted by Gasteiger charge is 2.12. The lowest BCUT2D eigenvalue weighted by atomic mass is 10.1. The zero-order valence-corrected chi connectivity index (χ0v) is 16.1. The number of nitrogens with zero attached hydrogens (tertiary/aromatic N) is 2. The van der Waals surface area contributed by atoms with E-state index in [-0.39, 0.29) is 5.91 Å². The third kappa shape index (κ3) is 5.30. The van der Waals surface area contributed by atoms with Gasteiger partial charge in [-0.1, -0.05) is 19.9 Å². The van der Waals surface area contributed by atoms with Gasteiger partial charge < -0.3 is 10.6 Å². The van der Waals surface area contributed by atoms with Gasteiger partial charge in [0.25, 0.3) is 5.91 Å². The van der Waals surface area contributed by atoms with E-state index in [0.717, 1.165) is 34.4 Å². The lowest BCUT2D eigenvalue weighted by Crippen LogP contribution is -2.17. The predicted octanol–water partition coefficient (Wildman–Crippen LogP) is 4.57. The van der Waals surface area contributed by atoms with Crippen molar-refractivity contribution < 1.29 is 4.79 Å². The second-order valence-corrected chi connectivity index (χ2v) is 7.12. The van der Waals surface area contributed by atoms with Crippen LogP contribution in [0.3, 0.4) is 0 Å². The Morgan fingerprint density at radius 1 is 1.21 bits per heavy atom. The minimum absolute atomic E-state index is 0.253. The molecule has 0 unspecified atom stereocenters. The van der Waals surface area contributed by atoms with Crippen LogP contribution in [-0.2, 0) is 0 Å². The van der Waals surface area contributed by atoms with Gasteiger partial charge in [0.1, 0.15) is 5.69 Å². The van der Waals surface area contributed by atoms with Crippen molar-refractivity contribution in [3.63, 3.8) is 0 Å². The van der Waals surface area contributed by atoms with E-state index in [4.69, 9.17) is 0 Å². The molecule has 1 aromatic heterocycles. The van der Waals surface area contributed by atoms with Gasteiger partial charge in [-0.3, -0.25) is 4.79 Å². The number of amides is 1. The van der Waals surface area contributed by atoms with Crippen LogP contribution in [0.4, 0.5) is 11.6 Å². The van der Waals surface area contributed by atoms with Gasteiger partial charge in [0, 0.05) is 16.7 Å². The molecule has 1 aromatic carbocycles. The van der Waals surface area contributed by atoms with E-state index in [9.17, 15) is 4.79 Å². The fourth-order valence-electron chi connectivity index (χ4n) is 2.14. The minimum atomic E-state index is -0.253. The van der Waals surface area contributed by atoms with E-state index >= 15 is 0 Å². The van der Waals surface area contributed by atoms with Crippen molar-refractivity contribution in [3.05, 3.63) is 45.7 Å². The van der Waals surface area contributed by atoms with Crippen molar-refractivity contribution in [2.24, 2.45) is 5.92 Å². The third-order valence-corrected chi connectivity index (χ3v) is 4.12. The first kappa shape index (κ1) is 18.4. The summed E-state index contributed by atoms with van der Waals surface area (Å²) in [6.07, 6.45) is 1.02. The zero-order valence-electron chi connectivity index (χ0n) is 14.5. The molecule has 2 N–H and O–H groups in total. The zero-order chi connectivity index (χ0) is 17.7. The molecule has 2 rings (SSSR count). The summed E-state index contributed by atoms with van der Waals surface area (Å²) in [5, 5.41) is 6.06. The van der Waals surface area contributed by atoms with E-state index in [1.165, 1.54) is 0 Å². The normalized spacial score (nSPS) is 10.8. The number of carbonyl (C=O) groups is 1. The Bertz CT molecular complexity index is 731. The van der Waals surface area contributed by atoms with E-state index in [1.807, 2.05) is 32.0 Å². The van der Waals surface area contributed by atoms with Crippen molar-refractivity contribution in [1.29, 1.82) is 0 Å². The molecule has 1 heterocycles. The number of benzene rings is 1. The molecule has 1 amide bonds. The van der Waals surface area contributed by atoms with Crippen molar-refractivity contribution in [2.75, 3.05) is 17.2 Å². The molecule has 0 saturated carbocycles. The first-order valence-corrected chi connectivity index (χ1v) is 8.81. The maximum Gasteiger partial charge on any atom is 0.274 e. The molecule has 0 aliphatic carbocycles. The monoisotopic (exact) mass is 390 g/mol. The molecule has 0 bridgehead atoms. The SMILES string of the molecule is Cc1ccc(NC(=O)c2cc(C)nc(NCCC(C)C)n2)c(Br)c1. The van der Waals surface area contributed by atoms with Gasteiger partial charge in [-0.2, -0.15) is 0 Å². The Labute approximate surface area is 151 Å². The molecule has 0 spiro atoms. The lowest BCUT2D eigenvalue weighted by Gasteiger charge is -2.11. The molecular weight excluding hydrogens is 368 g/mol. The van der Waals surface area contributed by atoms with Crippen LogP contribution < -0.4 is 10.6 Å². The van der Waals surface area contributed by atoms with E-state index in [2.05, 4.69) is 50.4 Å². The number of aryl methyl sites for hydroxylation is 2.